The van der Waals surface area contributed by atoms with Gasteiger partial charge in [-0.15, -0.1) is 0 Å². The number of primary amides is 1. The van der Waals surface area contributed by atoms with Crippen LogP contribution in [0, 0.1) is 11.3 Å². The number of carbonyl (C=O) groups is 1. The predicted molar refractivity (Wildman–Crippen MR) is 113 cm³/mol. The number of pyridine rings is 1. The molecule has 0 atom stereocenters. The van der Waals surface area contributed by atoms with Gasteiger partial charge in [-0.1, -0.05) is 19.4 Å². The van der Waals surface area contributed by atoms with Crippen LogP contribution < -0.4 is 21.3 Å². The molecule has 7 nitrogen and oxygen atoms in total. The smallest absolute Gasteiger partial charge is 0.220 e. The number of hydrogen-bond donors (Lipinski definition) is 3. The van der Waals surface area contributed by atoms with Crippen LogP contribution in [0.2, 0.25) is 0 Å². The number of nitrogens with zero attached hydrogens (tertiary/aromatic N) is 3. The third kappa shape index (κ3) is 4.75. The zero-order valence-corrected chi connectivity index (χ0v) is 17.2. The Hall–Kier alpha value is -2.31. The number of hydrogen-bond acceptors (Lipinski definition) is 4. The Labute approximate surface area is 168 Å². The molecule has 2 heterocycles. The lowest BCUT2D eigenvalue weighted by molar-refractivity contribution is -0.122. The number of guanidine groups is 1. The van der Waals surface area contributed by atoms with Gasteiger partial charge in [0, 0.05) is 50.9 Å². The highest BCUT2D eigenvalue weighted by Gasteiger charge is 2.35. The lowest BCUT2D eigenvalue weighted by Gasteiger charge is -2.41. The number of anilines is 1. The Morgan fingerprint density at radius 2 is 2.11 bits per heavy atom. The van der Waals surface area contributed by atoms with Gasteiger partial charge < -0.3 is 21.3 Å². The topological polar surface area (TPSA) is 95.6 Å². The SMILES string of the molecule is CCC1(CNC(=NC)NCc2cccnc2N2CCC(C(N)=O)CC2)CCC1. The number of aromatic nitrogens is 1. The lowest BCUT2D eigenvalue weighted by atomic mass is 9.67. The van der Waals surface area contributed by atoms with Crippen molar-refractivity contribution in [2.45, 2.75) is 52.0 Å². The molecule has 0 spiro atoms. The van der Waals surface area contributed by atoms with Crippen molar-refractivity contribution < 1.29 is 4.79 Å². The highest BCUT2D eigenvalue weighted by atomic mass is 16.1. The van der Waals surface area contributed by atoms with Gasteiger partial charge in [0.25, 0.3) is 0 Å². The monoisotopic (exact) mass is 386 g/mol. The third-order valence-corrected chi connectivity index (χ3v) is 6.53. The van der Waals surface area contributed by atoms with Gasteiger partial charge in [0.1, 0.15) is 5.82 Å². The quantitative estimate of drug-likeness (QED) is 0.492. The largest absolute Gasteiger partial charge is 0.369 e. The Kier molecular flexibility index (Phi) is 6.75. The summed E-state index contributed by atoms with van der Waals surface area (Å²) in [6, 6.07) is 4.07. The van der Waals surface area contributed by atoms with Crippen molar-refractivity contribution in [1.29, 1.82) is 0 Å². The van der Waals surface area contributed by atoms with E-state index in [4.69, 9.17) is 5.73 Å². The van der Waals surface area contributed by atoms with E-state index >= 15 is 0 Å². The standard InChI is InChI=1S/C21H34N6O/c1-3-21(9-5-10-21)15-26-20(23-2)25-14-17-6-4-11-24-19(17)27-12-7-16(8-13-27)18(22)28/h4,6,11,16H,3,5,7-10,12-15H2,1-2H3,(H2,22,28)(H2,23,25,26). The van der Waals surface area contributed by atoms with E-state index in [0.29, 0.717) is 12.0 Å². The summed E-state index contributed by atoms with van der Waals surface area (Å²) in [5.41, 5.74) is 7.04. The van der Waals surface area contributed by atoms with Crippen LogP contribution in [0.1, 0.15) is 51.0 Å². The first-order valence-corrected chi connectivity index (χ1v) is 10.5. The highest BCUT2D eigenvalue weighted by Crippen LogP contribution is 2.43. The van der Waals surface area contributed by atoms with Crippen LogP contribution in [0.4, 0.5) is 5.82 Å². The van der Waals surface area contributed by atoms with E-state index in [-0.39, 0.29) is 11.8 Å². The molecule has 7 heteroatoms. The minimum Gasteiger partial charge on any atom is -0.369 e. The number of amides is 1. The van der Waals surface area contributed by atoms with E-state index in [1.807, 2.05) is 19.3 Å². The first-order valence-electron chi connectivity index (χ1n) is 10.5. The van der Waals surface area contributed by atoms with Crippen molar-refractivity contribution in [3.63, 3.8) is 0 Å². The van der Waals surface area contributed by atoms with Crippen molar-refractivity contribution >= 4 is 17.7 Å². The van der Waals surface area contributed by atoms with Gasteiger partial charge in [-0.2, -0.15) is 0 Å². The Bertz CT molecular complexity index is 686. The molecule has 154 valence electrons. The first-order chi connectivity index (χ1) is 13.6. The van der Waals surface area contributed by atoms with E-state index in [1.165, 1.54) is 25.7 Å². The highest BCUT2D eigenvalue weighted by molar-refractivity contribution is 5.80. The molecule has 1 aromatic rings. The lowest BCUT2D eigenvalue weighted by Crippen LogP contribution is -2.46. The summed E-state index contributed by atoms with van der Waals surface area (Å²) in [4.78, 5) is 22.7. The van der Waals surface area contributed by atoms with Gasteiger partial charge in [-0.3, -0.25) is 9.79 Å². The second-order valence-electron chi connectivity index (χ2n) is 8.14. The molecule has 1 saturated carbocycles. The molecule has 2 aliphatic rings. The Morgan fingerprint density at radius 3 is 2.68 bits per heavy atom. The second-order valence-corrected chi connectivity index (χ2v) is 8.14. The van der Waals surface area contributed by atoms with Crippen molar-refractivity contribution in [1.82, 2.24) is 15.6 Å². The maximum Gasteiger partial charge on any atom is 0.220 e. The van der Waals surface area contributed by atoms with Crippen LogP contribution >= 0.6 is 0 Å². The molecule has 3 rings (SSSR count). The first kappa shape index (κ1) is 20.4. The molecule has 2 fully saturated rings. The van der Waals surface area contributed by atoms with Gasteiger partial charge in [-0.25, -0.2) is 4.98 Å². The molecule has 0 radical (unpaired) electrons. The zero-order chi connectivity index (χ0) is 20.0. The summed E-state index contributed by atoms with van der Waals surface area (Å²) in [5.74, 6) is 1.62. The summed E-state index contributed by atoms with van der Waals surface area (Å²) in [6.45, 7) is 5.54. The third-order valence-electron chi connectivity index (χ3n) is 6.53. The molecule has 4 N–H and O–H groups in total. The van der Waals surface area contributed by atoms with E-state index in [9.17, 15) is 4.79 Å². The predicted octanol–water partition coefficient (Wildman–Crippen LogP) is 2.03. The summed E-state index contributed by atoms with van der Waals surface area (Å²) in [6.07, 6.45) is 8.58. The van der Waals surface area contributed by atoms with Crippen LogP contribution in [0.3, 0.4) is 0 Å². The molecule has 0 aromatic carbocycles. The van der Waals surface area contributed by atoms with Gasteiger partial charge in [0.15, 0.2) is 5.96 Å². The van der Waals surface area contributed by atoms with Crippen molar-refractivity contribution in [2.24, 2.45) is 22.1 Å². The van der Waals surface area contributed by atoms with Crippen LogP contribution in [0.5, 0.6) is 0 Å². The number of piperidine rings is 1. The van der Waals surface area contributed by atoms with Gasteiger partial charge in [-0.05, 0) is 43.6 Å². The number of carbonyl (C=O) groups excluding carboxylic acids is 1. The van der Waals surface area contributed by atoms with Crippen LogP contribution in [0.15, 0.2) is 23.3 Å². The Balaban J connectivity index is 1.56. The van der Waals surface area contributed by atoms with Gasteiger partial charge in [0.05, 0.1) is 0 Å². The minimum atomic E-state index is -0.186. The normalized spacial score (nSPS) is 19.8. The fourth-order valence-corrected chi connectivity index (χ4v) is 4.23. The maximum absolute atomic E-state index is 11.4. The van der Waals surface area contributed by atoms with E-state index in [1.54, 1.807) is 0 Å². The Morgan fingerprint density at radius 1 is 1.36 bits per heavy atom. The maximum atomic E-state index is 11.4. The zero-order valence-electron chi connectivity index (χ0n) is 17.2. The second kappa shape index (κ2) is 9.26. The van der Waals surface area contributed by atoms with Crippen LogP contribution in [-0.2, 0) is 11.3 Å². The van der Waals surface area contributed by atoms with Gasteiger partial charge in [0.2, 0.25) is 5.91 Å². The average molecular weight is 387 g/mol. The minimum absolute atomic E-state index is 0.0121. The summed E-state index contributed by atoms with van der Waals surface area (Å²) >= 11 is 0. The van der Waals surface area contributed by atoms with Crippen molar-refractivity contribution in [3.8, 4) is 0 Å². The number of nitrogens with one attached hydrogen (secondary N) is 2. The molecule has 1 aromatic heterocycles. The molecule has 1 aliphatic carbocycles. The fraction of sp³-hybridized carbons (Fsp3) is 0.667. The van der Waals surface area contributed by atoms with E-state index in [2.05, 4.69) is 38.5 Å². The molecular formula is C21H34N6O. The summed E-state index contributed by atoms with van der Waals surface area (Å²) in [5, 5.41) is 6.94. The number of rotatable bonds is 7. The summed E-state index contributed by atoms with van der Waals surface area (Å²) < 4.78 is 0. The van der Waals surface area contributed by atoms with Gasteiger partial charge >= 0.3 is 0 Å². The molecule has 1 aliphatic heterocycles. The van der Waals surface area contributed by atoms with E-state index in [0.717, 1.165) is 49.8 Å². The molecule has 1 saturated heterocycles. The number of aliphatic imine (C=N–C) groups is 1. The fourth-order valence-electron chi connectivity index (χ4n) is 4.23. The summed E-state index contributed by atoms with van der Waals surface area (Å²) in [7, 11) is 1.81. The van der Waals surface area contributed by atoms with Crippen molar-refractivity contribution in [2.75, 3.05) is 31.6 Å². The molecule has 28 heavy (non-hydrogen) atoms. The molecule has 0 bridgehead atoms. The molecule has 1 amide bonds. The van der Waals surface area contributed by atoms with Crippen LogP contribution in [-0.4, -0.2) is 43.5 Å². The van der Waals surface area contributed by atoms with Crippen LogP contribution in [0.25, 0.3) is 0 Å². The van der Waals surface area contributed by atoms with E-state index < -0.39 is 0 Å². The molecular weight excluding hydrogens is 352 g/mol. The van der Waals surface area contributed by atoms with Crippen molar-refractivity contribution in [3.05, 3.63) is 23.9 Å². The average Bonchev–Trinajstić information content (AvgIpc) is 2.70. The molecule has 0 unspecified atom stereocenters. The number of nitrogens with two attached hydrogens (primary N) is 1.